The van der Waals surface area contributed by atoms with Crippen molar-refractivity contribution in [2.24, 2.45) is 5.92 Å². The molecule has 1 saturated carbocycles. The van der Waals surface area contributed by atoms with Crippen molar-refractivity contribution in [1.29, 1.82) is 0 Å². The zero-order valence-electron chi connectivity index (χ0n) is 20.0. The Labute approximate surface area is 219 Å². The first kappa shape index (κ1) is 21.5. The number of H-pyrrole nitrogens is 1. The second-order valence-corrected chi connectivity index (χ2v) is 10.3. The molecule has 3 unspecified atom stereocenters. The standard InChI is InChI=1S/C27H19ClN8O2/c1-13-17-4-2-14(7-24(17)38-32-13)21-11-29-27(31-21)26-20-10-19(20)23-6-15(8-25(37)36(23)26)18-9-16(28)3-5-22(18)35-12-30-33-34-35/h2-9,11-12,19-20,26H,10H2,1H3,(H,29,31). The normalized spacial score (nSPS) is 19.6. The summed E-state index contributed by atoms with van der Waals surface area (Å²) in [5, 5.41) is 17.1. The average molecular weight is 523 g/mol. The second-order valence-electron chi connectivity index (χ2n) is 9.90. The summed E-state index contributed by atoms with van der Waals surface area (Å²) in [6.45, 7) is 1.92. The highest BCUT2D eigenvalue weighted by Crippen LogP contribution is 2.60. The fourth-order valence-electron chi connectivity index (χ4n) is 5.84. The lowest BCUT2D eigenvalue weighted by Gasteiger charge is -2.18. The number of nitrogens with one attached hydrogen (secondary N) is 1. The van der Waals surface area contributed by atoms with E-state index in [1.54, 1.807) is 16.8 Å². The summed E-state index contributed by atoms with van der Waals surface area (Å²) in [4.78, 5) is 21.8. The van der Waals surface area contributed by atoms with Crippen molar-refractivity contribution in [2.75, 3.05) is 0 Å². The van der Waals surface area contributed by atoms with Gasteiger partial charge < -0.3 is 14.1 Å². The summed E-state index contributed by atoms with van der Waals surface area (Å²) in [5.74, 6) is 1.42. The number of aryl methyl sites for hydroxylation is 1. The van der Waals surface area contributed by atoms with Crippen molar-refractivity contribution < 1.29 is 4.52 Å². The Morgan fingerprint density at radius 3 is 2.89 bits per heavy atom. The molecule has 2 aliphatic rings. The molecule has 38 heavy (non-hydrogen) atoms. The largest absolute Gasteiger partial charge is 0.356 e. The van der Waals surface area contributed by atoms with E-state index in [1.165, 1.54) is 6.33 Å². The molecular weight excluding hydrogens is 504 g/mol. The molecule has 0 spiro atoms. The number of tetrazole rings is 1. The number of halogens is 1. The van der Waals surface area contributed by atoms with Crippen molar-refractivity contribution in [3.8, 4) is 28.1 Å². The molecule has 1 aliphatic heterocycles. The zero-order valence-corrected chi connectivity index (χ0v) is 20.8. The van der Waals surface area contributed by atoms with Gasteiger partial charge in [-0.2, -0.15) is 4.68 Å². The number of nitrogens with zero attached hydrogens (tertiary/aromatic N) is 7. The van der Waals surface area contributed by atoms with Crippen LogP contribution in [0.25, 0.3) is 39.0 Å². The lowest BCUT2D eigenvalue weighted by atomic mass is 10.0. The minimum absolute atomic E-state index is 0.0751. The Morgan fingerprint density at radius 1 is 1.11 bits per heavy atom. The van der Waals surface area contributed by atoms with E-state index in [2.05, 4.69) is 31.7 Å². The number of aromatic nitrogens is 8. The van der Waals surface area contributed by atoms with Crippen molar-refractivity contribution >= 4 is 22.6 Å². The van der Waals surface area contributed by atoms with E-state index in [-0.39, 0.29) is 11.6 Å². The Balaban J connectivity index is 1.20. The maximum absolute atomic E-state index is 13.6. The fourth-order valence-corrected chi connectivity index (χ4v) is 6.01. The van der Waals surface area contributed by atoms with Gasteiger partial charge in [0, 0.05) is 39.2 Å². The van der Waals surface area contributed by atoms with Gasteiger partial charge in [-0.05, 0) is 71.7 Å². The van der Waals surface area contributed by atoms with Crippen LogP contribution in [0.4, 0.5) is 0 Å². The van der Waals surface area contributed by atoms with Crippen LogP contribution in [0, 0.1) is 12.8 Å². The van der Waals surface area contributed by atoms with Gasteiger partial charge in [-0.25, -0.2) is 4.98 Å². The molecule has 0 radical (unpaired) electrons. The van der Waals surface area contributed by atoms with Crippen molar-refractivity contribution in [2.45, 2.75) is 25.3 Å². The molecule has 11 heteroatoms. The van der Waals surface area contributed by atoms with Gasteiger partial charge in [-0.1, -0.05) is 22.8 Å². The Hall–Kier alpha value is -4.57. The Bertz CT molecular complexity index is 1940. The van der Waals surface area contributed by atoms with Gasteiger partial charge in [0.1, 0.15) is 12.2 Å². The van der Waals surface area contributed by atoms with Crippen LogP contribution in [0.5, 0.6) is 0 Å². The number of hydrogen-bond acceptors (Lipinski definition) is 7. The molecule has 186 valence electrons. The molecule has 10 nitrogen and oxygen atoms in total. The van der Waals surface area contributed by atoms with E-state index in [0.29, 0.717) is 16.9 Å². The van der Waals surface area contributed by atoms with Gasteiger partial charge in [0.2, 0.25) is 0 Å². The number of imidazole rings is 1. The molecule has 1 N–H and O–H groups in total. The van der Waals surface area contributed by atoms with Crippen LogP contribution in [-0.4, -0.2) is 39.9 Å². The molecule has 2 aromatic carbocycles. The minimum Gasteiger partial charge on any atom is -0.356 e. The molecule has 4 aromatic heterocycles. The van der Waals surface area contributed by atoms with Crippen LogP contribution in [0.3, 0.4) is 0 Å². The van der Waals surface area contributed by atoms with Crippen molar-refractivity contribution in [1.82, 2.24) is 39.9 Å². The average Bonchev–Trinajstić information content (AvgIpc) is 3.35. The molecule has 0 bridgehead atoms. The minimum atomic E-state index is -0.139. The third-order valence-corrected chi connectivity index (χ3v) is 7.94. The number of rotatable bonds is 4. The molecule has 6 aromatic rings. The van der Waals surface area contributed by atoms with E-state index >= 15 is 0 Å². The van der Waals surface area contributed by atoms with Crippen LogP contribution in [0.2, 0.25) is 5.02 Å². The third-order valence-electron chi connectivity index (χ3n) is 7.71. The lowest BCUT2D eigenvalue weighted by Crippen LogP contribution is -2.26. The molecule has 8 rings (SSSR count). The van der Waals surface area contributed by atoms with Crippen LogP contribution >= 0.6 is 11.6 Å². The first-order valence-corrected chi connectivity index (χ1v) is 12.6. The highest BCUT2D eigenvalue weighted by atomic mass is 35.5. The van der Waals surface area contributed by atoms with Crippen LogP contribution < -0.4 is 5.56 Å². The van der Waals surface area contributed by atoms with E-state index in [0.717, 1.165) is 62.7 Å². The Morgan fingerprint density at radius 2 is 2.03 bits per heavy atom. The SMILES string of the molecule is Cc1noc2cc(-c3cnc(C4C5CC5c5cc(-c6cc(Cl)ccc6-n6cnnn6)cc(=O)n54)[nH]3)ccc12. The van der Waals surface area contributed by atoms with E-state index < -0.39 is 0 Å². The summed E-state index contributed by atoms with van der Waals surface area (Å²) >= 11 is 6.35. The molecule has 5 heterocycles. The smallest absolute Gasteiger partial charge is 0.252 e. The number of pyridine rings is 1. The number of aromatic amines is 1. The highest BCUT2D eigenvalue weighted by Gasteiger charge is 2.54. The predicted molar refractivity (Wildman–Crippen MR) is 139 cm³/mol. The molecule has 1 aliphatic carbocycles. The van der Waals surface area contributed by atoms with Gasteiger partial charge in [0.05, 0.1) is 29.3 Å². The maximum atomic E-state index is 13.6. The predicted octanol–water partition coefficient (Wildman–Crippen LogP) is 4.69. The molecular formula is C27H19ClN8O2. The summed E-state index contributed by atoms with van der Waals surface area (Å²) in [7, 11) is 0. The lowest BCUT2D eigenvalue weighted by molar-refractivity contribution is 0.450. The van der Waals surface area contributed by atoms with Gasteiger partial charge in [0.25, 0.3) is 5.56 Å². The number of hydrogen-bond donors (Lipinski definition) is 1. The van der Waals surface area contributed by atoms with Crippen LogP contribution in [-0.2, 0) is 0 Å². The monoisotopic (exact) mass is 522 g/mol. The molecule has 0 amide bonds. The van der Waals surface area contributed by atoms with Crippen molar-refractivity contribution in [3.05, 3.63) is 93.6 Å². The second kappa shape index (κ2) is 7.72. The highest BCUT2D eigenvalue weighted by molar-refractivity contribution is 6.31. The summed E-state index contributed by atoms with van der Waals surface area (Å²) < 4.78 is 8.89. The summed E-state index contributed by atoms with van der Waals surface area (Å²) in [6.07, 6.45) is 4.36. The van der Waals surface area contributed by atoms with E-state index in [9.17, 15) is 4.79 Å². The number of fused-ring (bicyclic) bond motifs is 4. The molecule has 0 saturated heterocycles. The molecule has 3 atom stereocenters. The van der Waals surface area contributed by atoms with Crippen LogP contribution in [0.15, 0.2) is 70.4 Å². The van der Waals surface area contributed by atoms with E-state index in [4.69, 9.17) is 21.1 Å². The first-order chi connectivity index (χ1) is 18.5. The van der Waals surface area contributed by atoms with Crippen molar-refractivity contribution in [3.63, 3.8) is 0 Å². The van der Waals surface area contributed by atoms with E-state index in [1.807, 2.05) is 48.0 Å². The van der Waals surface area contributed by atoms with Gasteiger partial charge >= 0.3 is 0 Å². The molecule has 1 fully saturated rings. The number of benzene rings is 2. The van der Waals surface area contributed by atoms with Gasteiger partial charge in [0.15, 0.2) is 5.58 Å². The van der Waals surface area contributed by atoms with Crippen LogP contribution in [0.1, 0.15) is 35.6 Å². The fraction of sp³-hybridized carbons (Fsp3) is 0.185. The third kappa shape index (κ3) is 3.13. The zero-order chi connectivity index (χ0) is 25.5. The van der Waals surface area contributed by atoms with Gasteiger partial charge in [-0.3, -0.25) is 4.79 Å². The van der Waals surface area contributed by atoms with Gasteiger partial charge in [-0.15, -0.1) is 5.10 Å². The Kier molecular flexibility index (Phi) is 4.37. The quantitative estimate of drug-likeness (QED) is 0.356. The topological polar surface area (TPSA) is 120 Å². The summed E-state index contributed by atoms with van der Waals surface area (Å²) in [5.41, 5.74) is 6.69. The summed E-state index contributed by atoms with van der Waals surface area (Å²) in [6, 6.07) is 15.1. The first-order valence-electron chi connectivity index (χ1n) is 12.3. The maximum Gasteiger partial charge on any atom is 0.252 e.